The second-order valence-corrected chi connectivity index (χ2v) is 2.44. The number of nitrogens with zero attached hydrogens (tertiary/aromatic N) is 1. The van der Waals surface area contributed by atoms with E-state index in [-0.39, 0.29) is 12.0 Å². The Morgan fingerprint density at radius 3 is 3.18 bits per heavy atom. The summed E-state index contributed by atoms with van der Waals surface area (Å²) in [7, 11) is 0. The highest BCUT2D eigenvalue weighted by Crippen LogP contribution is 2.15. The van der Waals surface area contributed by atoms with Gasteiger partial charge in [0.2, 0.25) is 0 Å². The molecule has 0 saturated carbocycles. The van der Waals surface area contributed by atoms with Crippen LogP contribution in [-0.2, 0) is 14.4 Å². The van der Waals surface area contributed by atoms with Crippen LogP contribution in [0.1, 0.15) is 6.42 Å². The molecule has 1 aliphatic rings. The molecule has 0 aromatic heterocycles. The van der Waals surface area contributed by atoms with Crippen molar-refractivity contribution in [2.45, 2.75) is 12.5 Å². The fraction of sp³-hybridized carbons (Fsp3) is 0.714. The van der Waals surface area contributed by atoms with Gasteiger partial charge in [0, 0.05) is 13.1 Å². The number of carbonyl (C=O) groups is 1. The van der Waals surface area contributed by atoms with E-state index in [1.165, 1.54) is 0 Å². The Kier molecular flexibility index (Phi) is 3.04. The summed E-state index contributed by atoms with van der Waals surface area (Å²) in [4.78, 5) is 15.3. The summed E-state index contributed by atoms with van der Waals surface area (Å²) in [6, 6.07) is 0. The summed E-state index contributed by atoms with van der Waals surface area (Å²) in [6.45, 7) is 4.26. The zero-order chi connectivity index (χ0) is 8.10. The highest BCUT2D eigenvalue weighted by Gasteiger charge is 2.26. The second kappa shape index (κ2) is 4.08. The van der Waals surface area contributed by atoms with Gasteiger partial charge in [-0.1, -0.05) is 0 Å². The number of hydrogen-bond donors (Lipinski definition) is 0. The first-order valence-corrected chi connectivity index (χ1v) is 3.53. The number of carbonyl (C=O) groups excluding carboxylic acids is 1. The van der Waals surface area contributed by atoms with Crippen molar-refractivity contribution in [2.24, 2.45) is 11.1 Å². The molecule has 2 atom stereocenters. The molecule has 4 nitrogen and oxygen atoms in total. The quantitative estimate of drug-likeness (QED) is 0.334. The van der Waals surface area contributed by atoms with E-state index in [0.29, 0.717) is 19.6 Å². The Balaban J connectivity index is 2.43. The maximum atomic E-state index is 10.4. The van der Waals surface area contributed by atoms with E-state index in [9.17, 15) is 4.79 Å². The molecule has 1 heterocycles. The molecule has 0 N–H and O–H groups in total. The van der Waals surface area contributed by atoms with Crippen LogP contribution in [0.15, 0.2) is 5.16 Å². The first kappa shape index (κ1) is 8.20. The van der Waals surface area contributed by atoms with Crippen molar-refractivity contribution in [3.8, 4) is 0 Å². The molecule has 0 aromatic carbocycles. The van der Waals surface area contributed by atoms with Gasteiger partial charge in [-0.25, -0.2) is 0 Å². The zero-order valence-electron chi connectivity index (χ0n) is 6.23. The van der Waals surface area contributed by atoms with E-state index in [4.69, 9.17) is 9.57 Å². The molecular weight excluding hydrogens is 146 g/mol. The molecule has 0 aromatic rings. The van der Waals surface area contributed by atoms with Crippen molar-refractivity contribution < 1.29 is 14.4 Å². The lowest BCUT2D eigenvalue weighted by Gasteiger charge is -2.25. The van der Waals surface area contributed by atoms with E-state index < -0.39 is 0 Å². The minimum atomic E-state index is -0.186. The monoisotopic (exact) mass is 157 g/mol. The third-order valence-corrected chi connectivity index (χ3v) is 1.72. The molecule has 0 radical (unpaired) electrons. The minimum absolute atomic E-state index is 0.140. The van der Waals surface area contributed by atoms with Crippen molar-refractivity contribution in [1.82, 2.24) is 0 Å². The fourth-order valence-electron chi connectivity index (χ4n) is 1.09. The molecule has 62 valence electrons. The molecule has 1 aliphatic heterocycles. The topological polar surface area (TPSA) is 47.9 Å². The lowest BCUT2D eigenvalue weighted by atomic mass is 10.0. The second-order valence-electron chi connectivity index (χ2n) is 2.44. The summed E-state index contributed by atoms with van der Waals surface area (Å²) >= 11 is 0. The maximum Gasteiger partial charge on any atom is 0.141 e. The standard InChI is InChI=1S/C7H11NO3/c1-8-11-7-2-3-10-5-6(7)4-9/h4,6-7H,1-3,5H2/t6-,7+/m0/s1. The smallest absolute Gasteiger partial charge is 0.141 e. The molecule has 0 bridgehead atoms. The van der Waals surface area contributed by atoms with Gasteiger partial charge in [0.1, 0.15) is 12.4 Å². The fourth-order valence-corrected chi connectivity index (χ4v) is 1.09. The molecule has 0 aliphatic carbocycles. The van der Waals surface area contributed by atoms with Crippen LogP contribution in [0.2, 0.25) is 0 Å². The van der Waals surface area contributed by atoms with E-state index >= 15 is 0 Å². The lowest BCUT2D eigenvalue weighted by Crippen LogP contribution is -2.33. The van der Waals surface area contributed by atoms with E-state index in [1.54, 1.807) is 0 Å². The van der Waals surface area contributed by atoms with Crippen LogP contribution >= 0.6 is 0 Å². The van der Waals surface area contributed by atoms with Gasteiger partial charge < -0.3 is 14.4 Å². The molecule has 0 unspecified atom stereocenters. The lowest BCUT2D eigenvalue weighted by molar-refractivity contribution is -0.126. The number of oxime groups is 1. The summed E-state index contributed by atoms with van der Waals surface area (Å²) in [5, 5.41) is 3.29. The van der Waals surface area contributed by atoms with Gasteiger partial charge in [-0.05, 0) is 0 Å². The highest BCUT2D eigenvalue weighted by molar-refractivity contribution is 5.54. The molecule has 4 heteroatoms. The van der Waals surface area contributed by atoms with Crippen molar-refractivity contribution in [3.63, 3.8) is 0 Å². The predicted octanol–water partition coefficient (Wildman–Crippen LogP) is 0.223. The summed E-state index contributed by atoms with van der Waals surface area (Å²) in [5.41, 5.74) is 0. The van der Waals surface area contributed by atoms with Crippen LogP contribution < -0.4 is 0 Å². The average Bonchev–Trinajstić information content (AvgIpc) is 2.06. The van der Waals surface area contributed by atoms with Crippen LogP contribution in [-0.4, -0.2) is 32.3 Å². The van der Waals surface area contributed by atoms with Gasteiger partial charge in [0.15, 0.2) is 0 Å². The van der Waals surface area contributed by atoms with E-state index in [0.717, 1.165) is 6.29 Å². The van der Waals surface area contributed by atoms with Crippen LogP contribution in [0.4, 0.5) is 0 Å². The molecule has 0 amide bonds. The Bertz CT molecular complexity index is 149. The van der Waals surface area contributed by atoms with Crippen LogP contribution in [0.5, 0.6) is 0 Å². The number of aldehydes is 1. The predicted molar refractivity (Wildman–Crippen MR) is 39.4 cm³/mol. The van der Waals surface area contributed by atoms with Crippen LogP contribution in [0.25, 0.3) is 0 Å². The van der Waals surface area contributed by atoms with Crippen LogP contribution in [0.3, 0.4) is 0 Å². The number of ether oxygens (including phenoxy) is 1. The van der Waals surface area contributed by atoms with Gasteiger partial charge in [-0.3, -0.25) is 0 Å². The van der Waals surface area contributed by atoms with Gasteiger partial charge in [-0.2, -0.15) is 0 Å². The Morgan fingerprint density at radius 2 is 2.55 bits per heavy atom. The largest absolute Gasteiger partial charge is 0.392 e. The van der Waals surface area contributed by atoms with Gasteiger partial charge in [0.05, 0.1) is 19.1 Å². The Labute approximate surface area is 65.2 Å². The number of rotatable bonds is 3. The van der Waals surface area contributed by atoms with Crippen molar-refractivity contribution in [3.05, 3.63) is 0 Å². The molecule has 1 rings (SSSR count). The summed E-state index contributed by atoms with van der Waals surface area (Å²) < 4.78 is 5.08. The molecule has 1 saturated heterocycles. The SMILES string of the molecule is C=NO[C@@H]1CCOC[C@@H]1C=O. The molecule has 0 spiro atoms. The summed E-state index contributed by atoms with van der Waals surface area (Å²) in [6.07, 6.45) is 1.41. The molecule has 11 heavy (non-hydrogen) atoms. The Morgan fingerprint density at radius 1 is 1.73 bits per heavy atom. The minimum Gasteiger partial charge on any atom is -0.392 e. The van der Waals surface area contributed by atoms with Crippen molar-refractivity contribution in [1.29, 1.82) is 0 Å². The maximum absolute atomic E-state index is 10.4. The third kappa shape index (κ3) is 2.01. The third-order valence-electron chi connectivity index (χ3n) is 1.72. The average molecular weight is 157 g/mol. The van der Waals surface area contributed by atoms with Crippen LogP contribution in [0, 0.1) is 5.92 Å². The van der Waals surface area contributed by atoms with Gasteiger partial charge in [0.25, 0.3) is 0 Å². The van der Waals surface area contributed by atoms with E-state index in [2.05, 4.69) is 11.9 Å². The van der Waals surface area contributed by atoms with Gasteiger partial charge >= 0.3 is 0 Å². The van der Waals surface area contributed by atoms with E-state index in [1.807, 2.05) is 0 Å². The normalized spacial score (nSPS) is 30.9. The first-order chi connectivity index (χ1) is 5.38. The molecule has 1 fully saturated rings. The Hall–Kier alpha value is -0.900. The highest BCUT2D eigenvalue weighted by atomic mass is 16.6. The summed E-state index contributed by atoms with van der Waals surface area (Å²) in [5.74, 6) is -0.186. The first-order valence-electron chi connectivity index (χ1n) is 3.53. The van der Waals surface area contributed by atoms with Crippen molar-refractivity contribution in [2.75, 3.05) is 13.2 Å². The van der Waals surface area contributed by atoms with Gasteiger partial charge in [-0.15, -0.1) is 5.16 Å². The number of hydrogen-bond acceptors (Lipinski definition) is 4. The molecular formula is C7H11NO3. The zero-order valence-corrected chi connectivity index (χ0v) is 6.23. The van der Waals surface area contributed by atoms with Crippen molar-refractivity contribution >= 4 is 13.0 Å².